The van der Waals surface area contributed by atoms with E-state index in [4.69, 9.17) is 11.6 Å². The summed E-state index contributed by atoms with van der Waals surface area (Å²) in [7, 11) is 0. The lowest BCUT2D eigenvalue weighted by Crippen LogP contribution is -2.41. The van der Waals surface area contributed by atoms with Crippen molar-refractivity contribution in [1.29, 1.82) is 0 Å². The van der Waals surface area contributed by atoms with Crippen LogP contribution < -0.4 is 16.6 Å². The van der Waals surface area contributed by atoms with Crippen LogP contribution in [-0.2, 0) is 6.54 Å². The zero-order valence-corrected chi connectivity index (χ0v) is 20.3. The van der Waals surface area contributed by atoms with Gasteiger partial charge in [0.05, 0.1) is 28.9 Å². The topological polar surface area (TPSA) is 139 Å². The highest BCUT2D eigenvalue weighted by atomic mass is 35.5. The number of carbonyl (C=O) groups excluding carboxylic acids is 1. The molecule has 190 valence electrons. The van der Waals surface area contributed by atoms with E-state index in [1.807, 2.05) is 0 Å². The monoisotopic (exact) mass is 513 g/mol. The number of pyridine rings is 1. The maximum absolute atomic E-state index is 13.1. The smallest absolute Gasteiger partial charge is 0.352 e. The lowest BCUT2D eigenvalue weighted by Gasteiger charge is -2.22. The van der Waals surface area contributed by atoms with Crippen LogP contribution in [0.5, 0.6) is 0 Å². The number of nitrogens with zero attached hydrogens (tertiary/aromatic N) is 4. The number of aliphatic hydroxyl groups excluding tert-OH is 2. The summed E-state index contributed by atoms with van der Waals surface area (Å²) >= 11 is 6.26. The summed E-state index contributed by atoms with van der Waals surface area (Å²) in [4.78, 5) is 42.3. The van der Waals surface area contributed by atoms with Gasteiger partial charge in [-0.15, -0.1) is 0 Å². The van der Waals surface area contributed by atoms with Crippen LogP contribution in [0.15, 0.2) is 58.5 Å². The second-order valence-electron chi connectivity index (χ2n) is 8.92. The van der Waals surface area contributed by atoms with E-state index in [1.165, 1.54) is 30.6 Å². The van der Waals surface area contributed by atoms with Crippen LogP contribution in [0.2, 0.25) is 5.02 Å². The first kappa shape index (κ1) is 25.7. The first-order valence-corrected chi connectivity index (χ1v) is 12.3. The number of halogens is 1. The van der Waals surface area contributed by atoms with Crippen molar-refractivity contribution in [2.75, 3.05) is 0 Å². The zero-order chi connectivity index (χ0) is 25.7. The second-order valence-corrected chi connectivity index (χ2v) is 9.33. The summed E-state index contributed by atoms with van der Waals surface area (Å²) in [6.07, 6.45) is 7.76. The van der Waals surface area contributed by atoms with Crippen LogP contribution in [0.1, 0.15) is 60.6 Å². The molecular weight excluding hydrogens is 486 g/mol. The van der Waals surface area contributed by atoms with Gasteiger partial charge in [-0.25, -0.2) is 4.79 Å². The number of nitrogens with one attached hydrogen (secondary N) is 1. The van der Waals surface area contributed by atoms with Gasteiger partial charge in [0.1, 0.15) is 12.4 Å². The SMILES string of the molecule is O=C(NC(O)C1CCCCCC1)c1cc(-n2ncc(=O)n(CC(O)c3ccncc3)c2=O)ccc1Cl. The lowest BCUT2D eigenvalue weighted by atomic mass is 9.98. The van der Waals surface area contributed by atoms with E-state index < -0.39 is 29.5 Å². The third kappa shape index (κ3) is 5.89. The minimum atomic E-state index is -1.12. The fraction of sp³-hybridized carbons (Fsp3) is 0.400. The molecule has 1 aromatic carbocycles. The van der Waals surface area contributed by atoms with Crippen LogP contribution in [-0.4, -0.2) is 41.7 Å². The van der Waals surface area contributed by atoms with E-state index in [0.29, 0.717) is 5.56 Å². The molecule has 1 amide bonds. The number of rotatable bonds is 7. The number of benzene rings is 1. The fourth-order valence-electron chi connectivity index (χ4n) is 4.42. The summed E-state index contributed by atoms with van der Waals surface area (Å²) < 4.78 is 1.82. The molecule has 0 spiro atoms. The van der Waals surface area contributed by atoms with Crippen LogP contribution in [0.4, 0.5) is 0 Å². The van der Waals surface area contributed by atoms with Crippen LogP contribution in [0, 0.1) is 5.92 Å². The van der Waals surface area contributed by atoms with E-state index in [2.05, 4.69) is 15.4 Å². The van der Waals surface area contributed by atoms with E-state index >= 15 is 0 Å². The van der Waals surface area contributed by atoms with Crippen molar-refractivity contribution in [3.05, 3.63) is 85.9 Å². The van der Waals surface area contributed by atoms with Crippen molar-refractivity contribution in [3.63, 3.8) is 0 Å². The minimum Gasteiger partial charge on any atom is -0.387 e. The predicted octanol–water partition coefficient (Wildman–Crippen LogP) is 2.19. The van der Waals surface area contributed by atoms with E-state index in [-0.39, 0.29) is 28.7 Å². The first-order valence-electron chi connectivity index (χ1n) is 11.9. The number of hydrogen-bond acceptors (Lipinski definition) is 7. The van der Waals surface area contributed by atoms with Crippen molar-refractivity contribution < 1.29 is 15.0 Å². The number of amides is 1. The minimum absolute atomic E-state index is 0.0296. The van der Waals surface area contributed by atoms with Crippen molar-refractivity contribution in [1.82, 2.24) is 24.6 Å². The molecular formula is C25H28ClN5O5. The Labute approximate surface area is 212 Å². The summed E-state index contributed by atoms with van der Waals surface area (Å²) in [6.45, 7) is -0.293. The van der Waals surface area contributed by atoms with E-state index in [0.717, 1.165) is 54.0 Å². The molecule has 0 bridgehead atoms. The molecule has 3 N–H and O–H groups in total. The van der Waals surface area contributed by atoms with Gasteiger partial charge in [0.2, 0.25) is 0 Å². The average Bonchev–Trinajstić information content (AvgIpc) is 3.17. The summed E-state index contributed by atoms with van der Waals surface area (Å²) in [5.41, 5.74) is -0.710. The van der Waals surface area contributed by atoms with Crippen LogP contribution in [0.25, 0.3) is 5.69 Å². The normalized spacial score (nSPS) is 16.2. The highest BCUT2D eigenvalue weighted by Gasteiger charge is 2.24. The van der Waals surface area contributed by atoms with Gasteiger partial charge in [-0.2, -0.15) is 9.78 Å². The maximum Gasteiger partial charge on any atom is 0.352 e. The molecule has 10 nitrogen and oxygen atoms in total. The van der Waals surface area contributed by atoms with Crippen LogP contribution in [0.3, 0.4) is 0 Å². The second kappa shape index (κ2) is 11.6. The van der Waals surface area contributed by atoms with E-state index in [9.17, 15) is 24.6 Å². The molecule has 2 heterocycles. The molecule has 4 rings (SSSR count). The fourth-order valence-corrected chi connectivity index (χ4v) is 4.62. The van der Waals surface area contributed by atoms with Gasteiger partial charge < -0.3 is 15.5 Å². The van der Waals surface area contributed by atoms with Crippen molar-refractivity contribution in [2.45, 2.75) is 57.4 Å². The third-order valence-corrected chi connectivity index (χ3v) is 6.80. The molecule has 1 aliphatic carbocycles. The molecule has 0 saturated heterocycles. The number of aromatic nitrogens is 4. The molecule has 1 fully saturated rings. The highest BCUT2D eigenvalue weighted by Crippen LogP contribution is 2.25. The number of hydrogen-bond donors (Lipinski definition) is 3. The van der Waals surface area contributed by atoms with Crippen molar-refractivity contribution >= 4 is 17.5 Å². The molecule has 2 unspecified atom stereocenters. The Morgan fingerprint density at radius 3 is 2.47 bits per heavy atom. The Morgan fingerprint density at radius 2 is 1.78 bits per heavy atom. The summed E-state index contributed by atoms with van der Waals surface area (Å²) in [5.74, 6) is -0.605. The Kier molecular flexibility index (Phi) is 8.29. The van der Waals surface area contributed by atoms with Gasteiger partial charge in [0.15, 0.2) is 0 Å². The van der Waals surface area contributed by atoms with Gasteiger partial charge in [0, 0.05) is 18.3 Å². The van der Waals surface area contributed by atoms with Crippen molar-refractivity contribution in [2.24, 2.45) is 5.92 Å². The Morgan fingerprint density at radius 1 is 1.08 bits per heavy atom. The maximum atomic E-state index is 13.1. The number of aliphatic hydroxyl groups is 2. The Balaban J connectivity index is 1.59. The quantitative estimate of drug-likeness (QED) is 0.325. The summed E-state index contributed by atoms with van der Waals surface area (Å²) in [6, 6.07) is 7.48. The molecule has 1 aliphatic rings. The predicted molar refractivity (Wildman–Crippen MR) is 133 cm³/mol. The van der Waals surface area contributed by atoms with Crippen molar-refractivity contribution in [3.8, 4) is 5.69 Å². The largest absolute Gasteiger partial charge is 0.387 e. The Bertz CT molecular complexity index is 1320. The standard InChI is InChI=1S/C25H28ClN5O5/c26-20-8-7-18(13-19(20)24(35)29-23(34)17-5-3-1-2-4-6-17)31-25(36)30(22(33)14-28-31)15-21(32)16-9-11-27-12-10-16/h7-14,17,21,23,32,34H,1-6,15H2,(H,29,35). The molecule has 2 atom stereocenters. The van der Waals surface area contributed by atoms with Crippen LogP contribution >= 0.6 is 11.6 Å². The average molecular weight is 514 g/mol. The van der Waals surface area contributed by atoms with E-state index in [1.54, 1.807) is 12.1 Å². The molecule has 11 heteroatoms. The molecule has 36 heavy (non-hydrogen) atoms. The third-order valence-electron chi connectivity index (χ3n) is 6.47. The molecule has 0 radical (unpaired) electrons. The van der Waals surface area contributed by atoms with Gasteiger partial charge in [-0.3, -0.25) is 19.1 Å². The zero-order valence-electron chi connectivity index (χ0n) is 19.6. The molecule has 0 aliphatic heterocycles. The summed E-state index contributed by atoms with van der Waals surface area (Å²) in [5, 5.41) is 27.8. The molecule has 2 aromatic heterocycles. The number of carbonyl (C=O) groups is 1. The van der Waals surface area contributed by atoms with Gasteiger partial charge >= 0.3 is 5.69 Å². The first-order chi connectivity index (χ1) is 17.3. The highest BCUT2D eigenvalue weighted by molar-refractivity contribution is 6.33. The van der Waals surface area contributed by atoms with Gasteiger partial charge in [0.25, 0.3) is 11.5 Å². The Hall–Kier alpha value is -3.34. The van der Waals surface area contributed by atoms with Gasteiger partial charge in [-0.05, 0) is 48.7 Å². The molecule has 3 aromatic rings. The lowest BCUT2D eigenvalue weighted by molar-refractivity contribution is 0.0532. The molecule has 1 saturated carbocycles. The van der Waals surface area contributed by atoms with Gasteiger partial charge in [-0.1, -0.05) is 37.3 Å².